The molecule has 2 N–H and O–H groups in total. The van der Waals surface area contributed by atoms with Gasteiger partial charge in [0.25, 0.3) is 0 Å². The second kappa shape index (κ2) is 5.58. The second-order valence-corrected chi connectivity index (χ2v) is 6.47. The Morgan fingerprint density at radius 2 is 1.94 bits per heavy atom. The Balaban J connectivity index is 2.44. The molecular formula is C16H22BrN. The minimum absolute atomic E-state index is 0.187. The largest absolute Gasteiger partial charge is 0.330 e. The van der Waals surface area contributed by atoms with Gasteiger partial charge in [-0.3, -0.25) is 0 Å². The van der Waals surface area contributed by atoms with E-state index in [0.29, 0.717) is 0 Å². The first-order valence-electron chi connectivity index (χ1n) is 6.74. The fourth-order valence-electron chi connectivity index (χ4n) is 2.98. The number of benzene rings is 1. The molecule has 0 spiro atoms. The van der Waals surface area contributed by atoms with Crippen LogP contribution in [-0.4, -0.2) is 6.54 Å². The van der Waals surface area contributed by atoms with E-state index < -0.39 is 0 Å². The van der Waals surface area contributed by atoms with Crippen LogP contribution in [0.25, 0.3) is 5.57 Å². The highest BCUT2D eigenvalue weighted by molar-refractivity contribution is 9.10. The third kappa shape index (κ3) is 2.70. The van der Waals surface area contributed by atoms with E-state index in [1.807, 2.05) is 0 Å². The maximum atomic E-state index is 6.11. The lowest BCUT2D eigenvalue weighted by Crippen LogP contribution is -2.37. The van der Waals surface area contributed by atoms with Crippen LogP contribution in [0.1, 0.15) is 50.2 Å². The van der Waals surface area contributed by atoms with Crippen LogP contribution in [-0.2, 0) is 5.41 Å². The third-order valence-electron chi connectivity index (χ3n) is 4.20. The zero-order valence-corrected chi connectivity index (χ0v) is 12.7. The van der Waals surface area contributed by atoms with E-state index in [0.717, 1.165) is 16.6 Å². The summed E-state index contributed by atoms with van der Waals surface area (Å²) in [7, 11) is 0. The molecule has 1 aliphatic rings. The molecule has 18 heavy (non-hydrogen) atoms. The Kier molecular flexibility index (Phi) is 4.29. The number of rotatable bonds is 3. The van der Waals surface area contributed by atoms with Gasteiger partial charge >= 0.3 is 0 Å². The van der Waals surface area contributed by atoms with Crippen LogP contribution in [0.3, 0.4) is 0 Å². The molecule has 0 bridgehead atoms. The van der Waals surface area contributed by atoms with Crippen molar-refractivity contribution in [2.75, 3.05) is 6.54 Å². The van der Waals surface area contributed by atoms with Crippen molar-refractivity contribution in [1.82, 2.24) is 0 Å². The van der Waals surface area contributed by atoms with Gasteiger partial charge in [0, 0.05) is 16.4 Å². The smallest absolute Gasteiger partial charge is 0.0184 e. The SMILES string of the molecule is C=C(C)c1cc(Br)cc(C2(CN)CCCCC2)c1. The predicted molar refractivity (Wildman–Crippen MR) is 82.7 cm³/mol. The lowest BCUT2D eigenvalue weighted by Gasteiger charge is -2.37. The van der Waals surface area contributed by atoms with Gasteiger partial charge in [0.2, 0.25) is 0 Å². The molecule has 0 atom stereocenters. The van der Waals surface area contributed by atoms with Gasteiger partial charge in [0.1, 0.15) is 0 Å². The molecule has 98 valence electrons. The second-order valence-electron chi connectivity index (χ2n) is 5.55. The average Bonchev–Trinajstić information content (AvgIpc) is 2.38. The van der Waals surface area contributed by atoms with Crippen LogP contribution in [0.4, 0.5) is 0 Å². The molecule has 0 radical (unpaired) electrons. The molecule has 1 fully saturated rings. The van der Waals surface area contributed by atoms with E-state index in [1.54, 1.807) is 0 Å². The fourth-order valence-corrected chi connectivity index (χ4v) is 3.47. The van der Waals surface area contributed by atoms with Gasteiger partial charge < -0.3 is 5.73 Å². The Bertz CT molecular complexity index is 444. The van der Waals surface area contributed by atoms with Gasteiger partial charge in [-0.1, -0.05) is 53.4 Å². The van der Waals surface area contributed by atoms with Crippen LogP contribution in [0, 0.1) is 0 Å². The van der Waals surface area contributed by atoms with Gasteiger partial charge in [-0.05, 0) is 43.0 Å². The minimum Gasteiger partial charge on any atom is -0.330 e. The van der Waals surface area contributed by atoms with Crippen molar-refractivity contribution in [3.63, 3.8) is 0 Å². The van der Waals surface area contributed by atoms with Crippen molar-refractivity contribution in [3.05, 3.63) is 40.4 Å². The molecule has 0 heterocycles. The molecule has 1 aliphatic carbocycles. The summed E-state index contributed by atoms with van der Waals surface area (Å²) in [4.78, 5) is 0. The first-order chi connectivity index (χ1) is 8.57. The van der Waals surface area contributed by atoms with Crippen LogP contribution in [0.5, 0.6) is 0 Å². The zero-order valence-electron chi connectivity index (χ0n) is 11.1. The Hall–Kier alpha value is -0.600. The molecule has 0 amide bonds. The van der Waals surface area contributed by atoms with Gasteiger partial charge in [-0.15, -0.1) is 0 Å². The lowest BCUT2D eigenvalue weighted by atomic mass is 9.69. The van der Waals surface area contributed by atoms with E-state index in [-0.39, 0.29) is 5.41 Å². The van der Waals surface area contributed by atoms with E-state index >= 15 is 0 Å². The molecule has 0 aromatic heterocycles. The van der Waals surface area contributed by atoms with Crippen molar-refractivity contribution in [2.45, 2.75) is 44.4 Å². The zero-order chi connectivity index (χ0) is 13.2. The normalized spacial score (nSPS) is 18.6. The van der Waals surface area contributed by atoms with Gasteiger partial charge in [0.05, 0.1) is 0 Å². The molecule has 2 heteroatoms. The summed E-state index contributed by atoms with van der Waals surface area (Å²) < 4.78 is 1.14. The number of nitrogens with two attached hydrogens (primary N) is 1. The summed E-state index contributed by atoms with van der Waals surface area (Å²) in [5.41, 5.74) is 10.0. The summed E-state index contributed by atoms with van der Waals surface area (Å²) in [6.07, 6.45) is 6.38. The highest BCUT2D eigenvalue weighted by atomic mass is 79.9. The summed E-state index contributed by atoms with van der Waals surface area (Å²) in [6, 6.07) is 6.66. The van der Waals surface area contributed by atoms with Crippen LogP contribution >= 0.6 is 15.9 Å². The van der Waals surface area contributed by atoms with Gasteiger partial charge in [-0.25, -0.2) is 0 Å². The first kappa shape index (κ1) is 13.8. The van der Waals surface area contributed by atoms with Crippen molar-refractivity contribution in [3.8, 4) is 0 Å². The minimum atomic E-state index is 0.187. The Morgan fingerprint density at radius 3 is 2.50 bits per heavy atom. The highest BCUT2D eigenvalue weighted by Gasteiger charge is 2.32. The average molecular weight is 308 g/mol. The molecule has 1 saturated carbocycles. The van der Waals surface area contributed by atoms with Crippen molar-refractivity contribution >= 4 is 21.5 Å². The first-order valence-corrected chi connectivity index (χ1v) is 7.54. The van der Waals surface area contributed by atoms with Gasteiger partial charge in [0.15, 0.2) is 0 Å². The maximum absolute atomic E-state index is 6.11. The molecule has 1 aromatic rings. The van der Waals surface area contributed by atoms with E-state index in [1.165, 1.54) is 43.2 Å². The van der Waals surface area contributed by atoms with Crippen LogP contribution in [0.15, 0.2) is 29.3 Å². The fraction of sp³-hybridized carbons (Fsp3) is 0.500. The standard InChI is InChI=1S/C16H22BrN/c1-12(2)13-8-14(10-15(17)9-13)16(11-18)6-4-3-5-7-16/h8-10H,1,3-7,11,18H2,2H3. The van der Waals surface area contributed by atoms with E-state index in [9.17, 15) is 0 Å². The molecular weight excluding hydrogens is 286 g/mol. The lowest BCUT2D eigenvalue weighted by molar-refractivity contribution is 0.300. The van der Waals surface area contributed by atoms with Crippen molar-refractivity contribution < 1.29 is 0 Å². The van der Waals surface area contributed by atoms with E-state index in [4.69, 9.17) is 5.73 Å². The molecule has 0 aliphatic heterocycles. The predicted octanol–water partition coefficient (Wildman–Crippen LogP) is 4.64. The molecule has 0 saturated heterocycles. The van der Waals surface area contributed by atoms with Gasteiger partial charge in [-0.2, -0.15) is 0 Å². The summed E-state index contributed by atoms with van der Waals surface area (Å²) >= 11 is 3.62. The summed E-state index contributed by atoms with van der Waals surface area (Å²) in [5, 5.41) is 0. The quantitative estimate of drug-likeness (QED) is 0.864. The van der Waals surface area contributed by atoms with E-state index in [2.05, 4.69) is 47.6 Å². The third-order valence-corrected chi connectivity index (χ3v) is 4.66. The molecule has 2 rings (SSSR count). The topological polar surface area (TPSA) is 26.0 Å². The van der Waals surface area contributed by atoms with Crippen LogP contribution < -0.4 is 5.73 Å². The van der Waals surface area contributed by atoms with Crippen molar-refractivity contribution in [2.24, 2.45) is 5.73 Å². The Labute approximate surface area is 119 Å². The molecule has 0 unspecified atom stereocenters. The number of hydrogen-bond donors (Lipinski definition) is 1. The maximum Gasteiger partial charge on any atom is 0.0184 e. The molecule has 1 aromatic carbocycles. The monoisotopic (exact) mass is 307 g/mol. The number of halogens is 1. The van der Waals surface area contributed by atoms with Crippen LogP contribution in [0.2, 0.25) is 0 Å². The summed E-state index contributed by atoms with van der Waals surface area (Å²) in [6.45, 7) is 6.86. The Morgan fingerprint density at radius 1 is 1.28 bits per heavy atom. The highest BCUT2D eigenvalue weighted by Crippen LogP contribution is 2.40. The summed E-state index contributed by atoms with van der Waals surface area (Å²) in [5.74, 6) is 0. The molecule has 1 nitrogen and oxygen atoms in total. The number of allylic oxidation sites excluding steroid dienone is 1. The van der Waals surface area contributed by atoms with Crippen molar-refractivity contribution in [1.29, 1.82) is 0 Å². The number of hydrogen-bond acceptors (Lipinski definition) is 1.